The highest BCUT2D eigenvalue weighted by Crippen LogP contribution is 2.54. The van der Waals surface area contributed by atoms with Gasteiger partial charge in [0.05, 0.1) is 5.69 Å². The van der Waals surface area contributed by atoms with Crippen LogP contribution in [-0.2, 0) is 0 Å². The number of aliphatic imine (C=N–C) groups is 1. The second-order valence-corrected chi connectivity index (χ2v) is 21.8. The van der Waals surface area contributed by atoms with Gasteiger partial charge in [-0.25, -0.2) is 0 Å². The van der Waals surface area contributed by atoms with Crippen molar-refractivity contribution in [3.05, 3.63) is 272 Å². The molecule has 0 fully saturated rings. The average Bonchev–Trinajstić information content (AvgIpc) is 3.50. The quantitative estimate of drug-likeness (QED) is 0.112. The van der Waals surface area contributed by atoms with Crippen LogP contribution in [0.2, 0.25) is 0 Å². The normalized spacial score (nSPS) is 15.1. The second kappa shape index (κ2) is 18.5. The SMILES string of the molecule is C1=CC2=C(Sc3ccncc3)c3ccccc3C(c3cc4ccc(-c5ccc(-c6ccc(Sc7c8ccccc8c(-c8cc9ccccc9c9ccccc89)c8cnccc78)cc6)nc5)cc4c4ccccc34)C2C=N1. The molecule has 356 valence electrons. The average molecular weight is 1010 g/mol. The third-order valence-electron chi connectivity index (χ3n) is 15.5. The molecule has 0 N–H and O–H groups in total. The predicted molar refractivity (Wildman–Crippen MR) is 320 cm³/mol. The lowest BCUT2D eigenvalue weighted by Crippen LogP contribution is -2.24. The number of benzene rings is 10. The molecule has 0 saturated heterocycles. The Kier molecular flexibility index (Phi) is 10.8. The molecule has 1 aliphatic heterocycles. The minimum absolute atomic E-state index is 0.0866. The molecular formula is C70H44N4S2. The van der Waals surface area contributed by atoms with E-state index in [-0.39, 0.29) is 11.8 Å². The summed E-state index contributed by atoms with van der Waals surface area (Å²) in [5.41, 5.74) is 11.9. The number of aromatic nitrogens is 3. The van der Waals surface area contributed by atoms with Crippen LogP contribution in [-0.4, -0.2) is 21.2 Å². The number of rotatable bonds is 8. The summed E-state index contributed by atoms with van der Waals surface area (Å²) in [6.45, 7) is 0. The van der Waals surface area contributed by atoms with E-state index >= 15 is 0 Å². The molecule has 0 radical (unpaired) electrons. The van der Waals surface area contributed by atoms with Crippen molar-refractivity contribution < 1.29 is 0 Å². The maximum atomic E-state index is 5.07. The molecule has 76 heavy (non-hydrogen) atoms. The van der Waals surface area contributed by atoms with E-state index in [9.17, 15) is 0 Å². The largest absolute Gasteiger partial charge is 0.268 e. The highest BCUT2D eigenvalue weighted by Gasteiger charge is 2.37. The summed E-state index contributed by atoms with van der Waals surface area (Å²) in [5, 5.41) is 14.7. The van der Waals surface area contributed by atoms with E-state index < -0.39 is 0 Å². The summed E-state index contributed by atoms with van der Waals surface area (Å²) < 4.78 is 0. The van der Waals surface area contributed by atoms with E-state index in [0.29, 0.717) is 0 Å². The van der Waals surface area contributed by atoms with E-state index in [4.69, 9.17) is 15.0 Å². The topological polar surface area (TPSA) is 51.0 Å². The third kappa shape index (κ3) is 7.47. The summed E-state index contributed by atoms with van der Waals surface area (Å²) in [5.74, 6) is 0.176. The van der Waals surface area contributed by atoms with Crippen LogP contribution in [0.4, 0.5) is 0 Å². The molecule has 2 unspecified atom stereocenters. The Morgan fingerprint density at radius 3 is 1.88 bits per heavy atom. The molecule has 10 aromatic carbocycles. The number of nitrogens with zero attached hydrogens (tertiary/aromatic N) is 4. The zero-order chi connectivity index (χ0) is 50.1. The molecule has 2 aliphatic rings. The van der Waals surface area contributed by atoms with Crippen molar-refractivity contribution >= 4 is 99.3 Å². The van der Waals surface area contributed by atoms with Crippen molar-refractivity contribution in [3.63, 3.8) is 0 Å². The standard InChI is InChI=1S/C70H44N4S2/c1-2-12-50-45(11-1)38-62(53-15-5-3-13-51(50)53)67-55-17-7-9-19-57(55)69(59-31-35-72-41-64(59)67)75-48-26-23-43(24-27-48)66-28-25-47(40-74-66)44-21-22-46-39-63(54-16-6-4-14-52(54)61(46)37-44)68-56-18-8-10-20-58(56)70(60-32-36-73-42-65(60)68)76-49-29-33-71-34-30-49/h1-42,65,68H. The lowest BCUT2D eigenvalue weighted by molar-refractivity contribution is 0.700. The molecule has 3 aromatic heterocycles. The van der Waals surface area contributed by atoms with Crippen molar-refractivity contribution in [2.45, 2.75) is 20.6 Å². The summed E-state index contributed by atoms with van der Waals surface area (Å²) in [7, 11) is 0. The predicted octanol–water partition coefficient (Wildman–Crippen LogP) is 18.8. The van der Waals surface area contributed by atoms with E-state index in [2.05, 4.69) is 224 Å². The minimum Gasteiger partial charge on any atom is -0.268 e. The lowest BCUT2D eigenvalue weighted by Gasteiger charge is -2.36. The fourth-order valence-electron chi connectivity index (χ4n) is 12.0. The number of fused-ring (bicyclic) bond motifs is 10. The van der Waals surface area contributed by atoms with Crippen molar-refractivity contribution in [2.24, 2.45) is 10.9 Å². The highest BCUT2D eigenvalue weighted by molar-refractivity contribution is 8.08. The smallest absolute Gasteiger partial charge is 0.0702 e. The first-order chi connectivity index (χ1) is 37.7. The van der Waals surface area contributed by atoms with Crippen LogP contribution < -0.4 is 0 Å². The Morgan fingerprint density at radius 1 is 0.395 bits per heavy atom. The van der Waals surface area contributed by atoms with Crippen LogP contribution in [0, 0.1) is 5.92 Å². The molecule has 0 amide bonds. The van der Waals surface area contributed by atoms with Gasteiger partial charge in [-0.05, 0) is 159 Å². The van der Waals surface area contributed by atoms with E-state index in [1.165, 1.54) is 107 Å². The maximum absolute atomic E-state index is 5.07. The van der Waals surface area contributed by atoms with Gasteiger partial charge in [0.15, 0.2) is 0 Å². The second-order valence-electron chi connectivity index (χ2n) is 19.6. The van der Waals surface area contributed by atoms with Crippen LogP contribution in [0.1, 0.15) is 22.6 Å². The fraction of sp³-hybridized carbons (Fsp3) is 0.0286. The zero-order valence-electron chi connectivity index (χ0n) is 41.0. The zero-order valence-corrected chi connectivity index (χ0v) is 42.6. The molecule has 4 nitrogen and oxygen atoms in total. The van der Waals surface area contributed by atoms with Crippen molar-refractivity contribution in [2.75, 3.05) is 0 Å². The molecule has 13 aromatic rings. The summed E-state index contributed by atoms with van der Waals surface area (Å²) in [6.07, 6.45) is 16.1. The van der Waals surface area contributed by atoms with Gasteiger partial charge >= 0.3 is 0 Å². The van der Waals surface area contributed by atoms with Crippen molar-refractivity contribution in [3.8, 4) is 33.5 Å². The van der Waals surface area contributed by atoms with Gasteiger partial charge in [-0.15, -0.1) is 0 Å². The molecule has 0 saturated carbocycles. The molecule has 6 heteroatoms. The first-order valence-corrected chi connectivity index (χ1v) is 27.3. The van der Waals surface area contributed by atoms with Gasteiger partial charge in [0.2, 0.25) is 0 Å². The van der Waals surface area contributed by atoms with Gasteiger partial charge in [0.1, 0.15) is 0 Å². The summed E-state index contributed by atoms with van der Waals surface area (Å²) in [6, 6.07) is 75.5. The number of pyridine rings is 3. The summed E-state index contributed by atoms with van der Waals surface area (Å²) in [4.78, 5) is 23.7. The number of hydrogen-bond donors (Lipinski definition) is 0. The third-order valence-corrected chi connectivity index (χ3v) is 17.8. The van der Waals surface area contributed by atoms with Crippen molar-refractivity contribution in [1.29, 1.82) is 0 Å². The molecule has 0 bridgehead atoms. The van der Waals surface area contributed by atoms with Crippen LogP contribution in [0.25, 0.3) is 103 Å². The van der Waals surface area contributed by atoms with Gasteiger partial charge in [-0.2, -0.15) is 0 Å². The number of allylic oxidation sites excluding steroid dienone is 2. The minimum atomic E-state index is 0.0866. The summed E-state index contributed by atoms with van der Waals surface area (Å²) >= 11 is 3.63. The lowest BCUT2D eigenvalue weighted by atomic mass is 9.70. The molecule has 1 aliphatic carbocycles. The van der Waals surface area contributed by atoms with Gasteiger partial charge in [-0.3, -0.25) is 19.9 Å². The Morgan fingerprint density at radius 2 is 1.05 bits per heavy atom. The molecule has 4 heterocycles. The Hall–Kier alpha value is -8.94. The first-order valence-electron chi connectivity index (χ1n) is 25.7. The van der Waals surface area contributed by atoms with Crippen LogP contribution in [0.3, 0.4) is 0 Å². The number of thioether (sulfide) groups is 1. The van der Waals surface area contributed by atoms with Gasteiger partial charge < -0.3 is 0 Å². The van der Waals surface area contributed by atoms with Crippen LogP contribution >= 0.6 is 23.5 Å². The molecular weight excluding hydrogens is 961 g/mol. The van der Waals surface area contributed by atoms with E-state index in [1.54, 1.807) is 0 Å². The highest BCUT2D eigenvalue weighted by atomic mass is 32.2. The molecule has 15 rings (SSSR count). The van der Waals surface area contributed by atoms with Crippen molar-refractivity contribution in [1.82, 2.24) is 15.0 Å². The monoisotopic (exact) mass is 1000 g/mol. The Bertz CT molecular complexity index is 4530. The molecule has 0 spiro atoms. The Balaban J connectivity index is 0.743. The maximum Gasteiger partial charge on any atom is 0.0702 e. The van der Waals surface area contributed by atoms with Gasteiger partial charge in [0.25, 0.3) is 0 Å². The van der Waals surface area contributed by atoms with Crippen LogP contribution in [0.5, 0.6) is 0 Å². The Labute approximate surface area is 448 Å². The van der Waals surface area contributed by atoms with E-state index in [0.717, 1.165) is 32.7 Å². The van der Waals surface area contributed by atoms with Gasteiger partial charge in [-0.1, -0.05) is 175 Å². The molecule has 2 atom stereocenters. The van der Waals surface area contributed by atoms with Gasteiger partial charge in [0, 0.05) is 91.3 Å². The first kappa shape index (κ1) is 44.5. The fourth-order valence-corrected chi connectivity index (χ4v) is 14.2. The number of hydrogen-bond acceptors (Lipinski definition) is 6. The van der Waals surface area contributed by atoms with E-state index in [1.807, 2.05) is 60.7 Å². The van der Waals surface area contributed by atoms with Crippen LogP contribution in [0.15, 0.2) is 275 Å².